The second-order valence-electron chi connectivity index (χ2n) is 23.0. The molecule has 22 heteroatoms. The number of carbonyl (C=O) groups is 4. The Hall–Kier alpha value is -6.20. The van der Waals surface area contributed by atoms with E-state index < -0.39 is 76.2 Å². The number of aryl methyl sites for hydroxylation is 1. The number of carbonyl (C=O) groups excluding carboxylic acids is 4. The number of halogens is 3. The number of nitrogens with one attached hydrogen (secondary N) is 3. The summed E-state index contributed by atoms with van der Waals surface area (Å²) in [7, 11) is 2.07. The van der Waals surface area contributed by atoms with Gasteiger partial charge in [0.2, 0.25) is 11.8 Å². The predicted molar refractivity (Wildman–Crippen MR) is 290 cm³/mol. The topological polar surface area (TPSA) is 223 Å². The van der Waals surface area contributed by atoms with Crippen LogP contribution in [-0.2, 0) is 37.4 Å². The zero-order chi connectivity index (χ0) is 56.9. The van der Waals surface area contributed by atoms with Gasteiger partial charge in [0.25, 0.3) is 5.91 Å². The molecule has 1 unspecified atom stereocenters. The molecule has 4 amide bonds. The molecule has 424 valence electrons. The molecule has 2 fully saturated rings. The van der Waals surface area contributed by atoms with Crippen LogP contribution in [0.3, 0.4) is 0 Å². The van der Waals surface area contributed by atoms with E-state index >= 15 is 0 Å². The molecular formula is C56H74F3N9O9S. The number of aliphatic hydroxyl groups is 2. The first-order valence-corrected chi connectivity index (χ1v) is 27.2. The summed E-state index contributed by atoms with van der Waals surface area (Å²) in [5.41, 5.74) is 0.974. The maximum Gasteiger partial charge on any atom is 0.433 e. The fourth-order valence-electron chi connectivity index (χ4n) is 9.85. The van der Waals surface area contributed by atoms with Crippen molar-refractivity contribution in [2.24, 2.45) is 11.3 Å². The van der Waals surface area contributed by atoms with Gasteiger partial charge < -0.3 is 50.2 Å². The highest BCUT2D eigenvalue weighted by Gasteiger charge is 2.45. The Labute approximate surface area is 457 Å². The van der Waals surface area contributed by atoms with Crippen LogP contribution in [0.5, 0.6) is 5.75 Å². The first-order valence-electron chi connectivity index (χ1n) is 26.3. The molecule has 0 spiro atoms. The van der Waals surface area contributed by atoms with E-state index in [9.17, 15) is 42.6 Å². The number of amides is 4. The molecule has 5 N–H and O–H groups in total. The van der Waals surface area contributed by atoms with Crippen LogP contribution < -0.4 is 20.7 Å². The van der Waals surface area contributed by atoms with Gasteiger partial charge in [-0.1, -0.05) is 39.0 Å². The van der Waals surface area contributed by atoms with Crippen molar-refractivity contribution >= 4 is 51.7 Å². The average Bonchev–Trinajstić information content (AvgIpc) is 4.12. The van der Waals surface area contributed by atoms with Gasteiger partial charge in [-0.3, -0.25) is 19.1 Å². The minimum absolute atomic E-state index is 0.0346. The summed E-state index contributed by atoms with van der Waals surface area (Å²) in [6.07, 6.45) is -0.715. The molecule has 1 aliphatic heterocycles. The quantitative estimate of drug-likeness (QED) is 0.0489. The molecular weight excluding hydrogens is 1030 g/mol. The molecule has 2 aliphatic rings. The second-order valence-corrected chi connectivity index (χ2v) is 23.9. The van der Waals surface area contributed by atoms with Gasteiger partial charge in [0.05, 0.1) is 52.6 Å². The lowest BCUT2D eigenvalue weighted by Crippen LogP contribution is -2.58. The summed E-state index contributed by atoms with van der Waals surface area (Å²) < 4.78 is 59.7. The van der Waals surface area contributed by atoms with Crippen molar-refractivity contribution in [3.63, 3.8) is 0 Å². The Bertz CT molecular complexity index is 2920. The van der Waals surface area contributed by atoms with Crippen molar-refractivity contribution in [3.05, 3.63) is 88.4 Å². The van der Waals surface area contributed by atoms with E-state index in [1.807, 2.05) is 36.0 Å². The van der Waals surface area contributed by atoms with Gasteiger partial charge in [-0.25, -0.2) is 14.8 Å². The molecule has 4 heterocycles. The third-order valence-electron chi connectivity index (χ3n) is 13.9. The van der Waals surface area contributed by atoms with Crippen LogP contribution >= 0.6 is 11.3 Å². The number of alkyl halides is 3. The number of anilines is 1. The van der Waals surface area contributed by atoms with E-state index in [1.165, 1.54) is 22.3 Å². The molecule has 78 heavy (non-hydrogen) atoms. The number of hydrogen-bond acceptors (Lipinski definition) is 14. The molecule has 2 aromatic carbocycles. The number of thiazole rings is 1. The third-order valence-corrected chi connectivity index (χ3v) is 14.8. The number of hydrogen-bond donors (Lipinski definition) is 5. The SMILES string of the molecule is Cc1ncsc1-c1ccc(CNC(=O)C2C[C@@H](O)CN2C(=O)[C@@H](NC(=O)OC(C)(C)C)C(C)(C)C)c(OCCOCCN(C)C[C@H]2CC[C@H](n3cc4cc(NC(=O)c5cccc(C(F)(F)F)n5)c(C(C)(C)O)cc4n3)CC2)c1. The van der Waals surface area contributed by atoms with E-state index in [-0.39, 0.29) is 37.8 Å². The van der Waals surface area contributed by atoms with Crippen molar-refractivity contribution < 1.29 is 56.8 Å². The van der Waals surface area contributed by atoms with E-state index in [2.05, 4.69) is 37.9 Å². The fraction of sp³-hybridized carbons (Fsp3) is 0.554. The Morgan fingerprint density at radius 1 is 0.949 bits per heavy atom. The van der Waals surface area contributed by atoms with E-state index in [4.69, 9.17) is 19.3 Å². The number of benzene rings is 2. The minimum atomic E-state index is -4.71. The number of fused-ring (bicyclic) bond motifs is 1. The molecule has 1 saturated carbocycles. The van der Waals surface area contributed by atoms with Crippen LogP contribution in [-0.4, -0.2) is 134 Å². The number of pyridine rings is 1. The number of β-amino-alcohol motifs (C(OH)–C–C–N with tert-alkyl or cyclic N) is 1. The summed E-state index contributed by atoms with van der Waals surface area (Å²) in [6, 6.07) is 10.4. The van der Waals surface area contributed by atoms with Crippen LogP contribution in [0.4, 0.5) is 23.7 Å². The maximum absolute atomic E-state index is 14.1. The number of aromatic nitrogens is 4. The summed E-state index contributed by atoms with van der Waals surface area (Å²) in [4.78, 5) is 66.4. The van der Waals surface area contributed by atoms with Crippen molar-refractivity contribution in [2.75, 3.05) is 51.8 Å². The monoisotopic (exact) mass is 1110 g/mol. The summed E-state index contributed by atoms with van der Waals surface area (Å²) >= 11 is 1.51. The average molecular weight is 1110 g/mol. The lowest BCUT2D eigenvalue weighted by Gasteiger charge is -2.35. The Balaban J connectivity index is 0.891. The number of likely N-dealkylation sites (N-methyl/N-ethyl adjacent to an activating group) is 1. The van der Waals surface area contributed by atoms with Crippen LogP contribution in [0.2, 0.25) is 0 Å². The summed E-state index contributed by atoms with van der Waals surface area (Å²) in [5.74, 6) is -0.767. The molecule has 1 saturated heterocycles. The molecule has 3 atom stereocenters. The number of alkyl carbamates (subject to hydrolysis) is 1. The molecule has 0 bridgehead atoms. The lowest BCUT2D eigenvalue weighted by atomic mass is 9.85. The highest BCUT2D eigenvalue weighted by Crippen LogP contribution is 2.37. The lowest BCUT2D eigenvalue weighted by molar-refractivity contribution is -0.142. The van der Waals surface area contributed by atoms with Crippen molar-refractivity contribution in [1.29, 1.82) is 0 Å². The van der Waals surface area contributed by atoms with Crippen LogP contribution in [0, 0.1) is 18.3 Å². The predicted octanol–water partition coefficient (Wildman–Crippen LogP) is 8.64. The van der Waals surface area contributed by atoms with Crippen molar-refractivity contribution in [3.8, 4) is 16.2 Å². The van der Waals surface area contributed by atoms with Gasteiger partial charge in [-0.15, -0.1) is 11.3 Å². The number of rotatable bonds is 19. The number of nitrogens with zero attached hydrogens (tertiary/aromatic N) is 6. The zero-order valence-electron chi connectivity index (χ0n) is 46.1. The third kappa shape index (κ3) is 15.5. The molecule has 1 aliphatic carbocycles. The first-order chi connectivity index (χ1) is 36.5. The Kier molecular flexibility index (Phi) is 18.6. The van der Waals surface area contributed by atoms with Crippen LogP contribution in [0.25, 0.3) is 21.3 Å². The van der Waals surface area contributed by atoms with E-state index in [0.717, 1.165) is 60.5 Å². The van der Waals surface area contributed by atoms with Gasteiger partial charge >= 0.3 is 12.3 Å². The van der Waals surface area contributed by atoms with Crippen LogP contribution in [0.1, 0.15) is 127 Å². The first kappa shape index (κ1) is 59.5. The molecule has 0 radical (unpaired) electrons. The minimum Gasteiger partial charge on any atom is -0.491 e. The summed E-state index contributed by atoms with van der Waals surface area (Å²) in [6.45, 7) is 18.3. The molecule has 5 aromatic rings. The van der Waals surface area contributed by atoms with E-state index in [1.54, 1.807) is 73.0 Å². The number of aliphatic hydroxyl groups excluding tert-OH is 1. The summed E-state index contributed by atoms with van der Waals surface area (Å²) in [5, 5.41) is 35.6. The normalized spacial score (nSPS) is 18.7. The van der Waals surface area contributed by atoms with Gasteiger partial charge in [0.1, 0.15) is 41.4 Å². The number of ether oxygens (including phenoxy) is 3. The fourth-order valence-corrected chi connectivity index (χ4v) is 10.7. The number of likely N-dealkylation sites (tertiary alicyclic amines) is 1. The Morgan fingerprint density at radius 3 is 2.33 bits per heavy atom. The molecule has 7 rings (SSSR count). The smallest absolute Gasteiger partial charge is 0.433 e. The molecule has 3 aromatic heterocycles. The van der Waals surface area contributed by atoms with Crippen molar-refractivity contribution in [2.45, 2.75) is 143 Å². The van der Waals surface area contributed by atoms with Gasteiger partial charge in [-0.2, -0.15) is 18.3 Å². The van der Waals surface area contributed by atoms with Gasteiger partial charge in [-0.05, 0) is 122 Å². The van der Waals surface area contributed by atoms with Gasteiger partial charge in [0, 0.05) is 61.0 Å². The standard InChI is InChI=1S/C56H74F3N9O9S/c1-33-47(78-32-61-33)35-16-17-36(28-60-50(71)44-26-39(69)31-67(44)51(72)48(53(2,3)4)64-52(73)77-54(5,6)7)45(25-35)76-23-22-75-21-20-66(10)29-34-14-18-38(19-15-34)68-30-37-24-43(40(55(8,9)74)27-42(37)65-68)63-49(70)41-12-11-13-46(62-41)56(57,58)59/h11-13,16-17,24-25,27,30,32,34,38-39,44,48,69,74H,14-15,18-23,26,28-29,31H2,1-10H3,(H,60,71)(H,63,70)(H,64,73)/t34-,38-,39-,44?,48-/m1/s1. The second kappa shape index (κ2) is 24.4. The Morgan fingerprint density at radius 2 is 1.68 bits per heavy atom. The van der Waals surface area contributed by atoms with E-state index in [0.29, 0.717) is 53.5 Å². The van der Waals surface area contributed by atoms with Crippen molar-refractivity contribution in [1.82, 2.24) is 40.2 Å². The highest BCUT2D eigenvalue weighted by molar-refractivity contribution is 7.13. The largest absolute Gasteiger partial charge is 0.491 e. The maximum atomic E-state index is 14.1. The van der Waals surface area contributed by atoms with Gasteiger partial charge in [0.15, 0.2) is 0 Å². The molecule has 18 nitrogen and oxygen atoms in total. The highest BCUT2D eigenvalue weighted by atomic mass is 32.1. The zero-order valence-corrected chi connectivity index (χ0v) is 46.9. The van der Waals surface area contributed by atoms with Crippen LogP contribution in [0.15, 0.2) is 60.2 Å².